The third-order valence-electron chi connectivity index (χ3n) is 1.27. The molecule has 0 aliphatic heterocycles. The highest BCUT2D eigenvalue weighted by atomic mass is 35.5. The Morgan fingerprint density at radius 1 is 1.55 bits per heavy atom. The van der Waals surface area contributed by atoms with Gasteiger partial charge in [0.2, 0.25) is 0 Å². The minimum absolute atomic E-state index is 0.153. The number of nitrogens with zero attached hydrogens (tertiary/aromatic N) is 1. The molecule has 0 saturated carbocycles. The fraction of sp³-hybridized carbons (Fsp3) is 0.286. The molecule has 0 aliphatic rings. The van der Waals surface area contributed by atoms with Crippen LogP contribution in [0.1, 0.15) is 18.7 Å². The maximum atomic E-state index is 5.80. The largest absolute Gasteiger partial charge is 0.323 e. The van der Waals surface area contributed by atoms with E-state index in [2.05, 4.69) is 4.98 Å². The van der Waals surface area contributed by atoms with Crippen molar-refractivity contribution >= 4 is 23.2 Å². The summed E-state index contributed by atoms with van der Waals surface area (Å²) in [4.78, 5) is 3.99. The molecule has 0 bridgehead atoms. The van der Waals surface area contributed by atoms with Crippen molar-refractivity contribution in [1.29, 1.82) is 0 Å². The maximum absolute atomic E-state index is 5.80. The average molecular weight is 191 g/mol. The molecular weight excluding hydrogens is 183 g/mol. The average Bonchev–Trinajstić information content (AvgIpc) is 1.85. The molecule has 1 atom stereocenters. The Bertz CT molecular complexity index is 261. The van der Waals surface area contributed by atoms with E-state index in [1.807, 2.05) is 6.92 Å². The number of hydrogen-bond acceptors (Lipinski definition) is 2. The summed E-state index contributed by atoms with van der Waals surface area (Å²) >= 11 is 11.4. The molecule has 1 rings (SSSR count). The van der Waals surface area contributed by atoms with Crippen LogP contribution in [0.2, 0.25) is 10.0 Å². The predicted octanol–water partition coefficient (Wildman–Crippen LogP) is 2.41. The molecule has 60 valence electrons. The molecule has 11 heavy (non-hydrogen) atoms. The van der Waals surface area contributed by atoms with Gasteiger partial charge in [-0.1, -0.05) is 23.2 Å². The van der Waals surface area contributed by atoms with Crippen molar-refractivity contribution in [3.8, 4) is 0 Å². The molecule has 0 fully saturated rings. The monoisotopic (exact) mass is 190 g/mol. The molecule has 0 amide bonds. The molecule has 4 heteroatoms. The second kappa shape index (κ2) is 3.39. The molecule has 0 saturated heterocycles. The Kier molecular flexibility index (Phi) is 2.71. The molecule has 0 radical (unpaired) electrons. The van der Waals surface area contributed by atoms with E-state index in [0.29, 0.717) is 15.7 Å². The van der Waals surface area contributed by atoms with Crippen molar-refractivity contribution < 1.29 is 0 Å². The van der Waals surface area contributed by atoms with Gasteiger partial charge in [-0.05, 0) is 13.0 Å². The number of nitrogens with two attached hydrogens (primary N) is 1. The quantitative estimate of drug-likeness (QED) is 0.740. The molecule has 1 unspecified atom stereocenters. The Balaban J connectivity index is 3.09. The topological polar surface area (TPSA) is 38.9 Å². The van der Waals surface area contributed by atoms with Gasteiger partial charge in [-0.25, -0.2) is 0 Å². The summed E-state index contributed by atoms with van der Waals surface area (Å²) in [5.41, 5.74) is 6.25. The molecule has 2 nitrogen and oxygen atoms in total. The van der Waals surface area contributed by atoms with Crippen LogP contribution < -0.4 is 5.73 Å². The Hall–Kier alpha value is -0.310. The van der Waals surface area contributed by atoms with Crippen molar-refractivity contribution in [3.05, 3.63) is 28.0 Å². The van der Waals surface area contributed by atoms with Crippen LogP contribution in [0.4, 0.5) is 0 Å². The van der Waals surface area contributed by atoms with Gasteiger partial charge >= 0.3 is 0 Å². The van der Waals surface area contributed by atoms with Gasteiger partial charge < -0.3 is 5.73 Å². The van der Waals surface area contributed by atoms with Crippen molar-refractivity contribution in [2.75, 3.05) is 0 Å². The third kappa shape index (κ3) is 2.06. The second-order valence-electron chi connectivity index (χ2n) is 2.31. The lowest BCUT2D eigenvalue weighted by molar-refractivity contribution is 0.781. The van der Waals surface area contributed by atoms with E-state index >= 15 is 0 Å². The maximum Gasteiger partial charge on any atom is 0.0755 e. The molecular formula is C7H8Cl2N2. The van der Waals surface area contributed by atoms with Crippen LogP contribution >= 0.6 is 23.2 Å². The zero-order valence-corrected chi connectivity index (χ0v) is 7.52. The molecule has 1 aromatic heterocycles. The fourth-order valence-corrected chi connectivity index (χ4v) is 1.31. The van der Waals surface area contributed by atoms with E-state index in [9.17, 15) is 0 Å². The predicted molar refractivity (Wildman–Crippen MR) is 46.9 cm³/mol. The SMILES string of the molecule is CC(N)c1ncc(Cl)cc1Cl. The Labute approximate surface area is 75.3 Å². The van der Waals surface area contributed by atoms with Gasteiger partial charge in [0, 0.05) is 12.2 Å². The zero-order valence-electron chi connectivity index (χ0n) is 6.01. The van der Waals surface area contributed by atoms with E-state index in [1.54, 1.807) is 6.07 Å². The summed E-state index contributed by atoms with van der Waals surface area (Å²) in [7, 11) is 0. The summed E-state index contributed by atoms with van der Waals surface area (Å²) < 4.78 is 0. The smallest absolute Gasteiger partial charge is 0.0755 e. The van der Waals surface area contributed by atoms with Gasteiger partial charge in [0.1, 0.15) is 0 Å². The van der Waals surface area contributed by atoms with Crippen molar-refractivity contribution in [1.82, 2.24) is 4.98 Å². The van der Waals surface area contributed by atoms with Crippen LogP contribution in [0.5, 0.6) is 0 Å². The second-order valence-corrected chi connectivity index (χ2v) is 3.15. The Morgan fingerprint density at radius 2 is 2.18 bits per heavy atom. The zero-order chi connectivity index (χ0) is 8.43. The van der Waals surface area contributed by atoms with Gasteiger partial charge in [0.25, 0.3) is 0 Å². The fourth-order valence-electron chi connectivity index (χ4n) is 0.760. The normalized spacial score (nSPS) is 13.1. The summed E-state index contributed by atoms with van der Waals surface area (Å²) in [6.45, 7) is 1.82. The van der Waals surface area contributed by atoms with Crippen LogP contribution in [-0.2, 0) is 0 Å². The summed E-state index contributed by atoms with van der Waals surface area (Å²) in [5.74, 6) is 0. The van der Waals surface area contributed by atoms with E-state index in [-0.39, 0.29) is 6.04 Å². The number of hydrogen-bond donors (Lipinski definition) is 1. The van der Waals surface area contributed by atoms with Crippen LogP contribution in [0.3, 0.4) is 0 Å². The highest BCUT2D eigenvalue weighted by molar-refractivity contribution is 6.34. The van der Waals surface area contributed by atoms with E-state index in [0.717, 1.165) is 0 Å². The van der Waals surface area contributed by atoms with Crippen molar-refractivity contribution in [3.63, 3.8) is 0 Å². The number of aromatic nitrogens is 1. The molecule has 0 aromatic carbocycles. The molecule has 1 aromatic rings. The van der Waals surface area contributed by atoms with Gasteiger partial charge in [0.15, 0.2) is 0 Å². The number of pyridine rings is 1. The number of halogens is 2. The molecule has 2 N–H and O–H groups in total. The minimum atomic E-state index is -0.153. The first-order valence-electron chi connectivity index (χ1n) is 3.18. The van der Waals surface area contributed by atoms with Crippen LogP contribution in [0, 0.1) is 0 Å². The van der Waals surface area contributed by atoms with E-state index in [1.165, 1.54) is 6.20 Å². The standard InChI is InChI=1S/C7H8Cl2N2/c1-4(10)7-6(9)2-5(8)3-11-7/h2-4H,10H2,1H3. The molecule has 1 heterocycles. The van der Waals surface area contributed by atoms with Gasteiger partial charge in [-0.15, -0.1) is 0 Å². The third-order valence-corrected chi connectivity index (χ3v) is 1.78. The molecule has 0 spiro atoms. The first-order valence-corrected chi connectivity index (χ1v) is 3.93. The highest BCUT2D eigenvalue weighted by Crippen LogP contribution is 2.21. The molecule has 0 aliphatic carbocycles. The summed E-state index contributed by atoms with van der Waals surface area (Å²) in [6, 6.07) is 1.48. The first-order chi connectivity index (χ1) is 5.11. The van der Waals surface area contributed by atoms with Crippen LogP contribution in [-0.4, -0.2) is 4.98 Å². The van der Waals surface area contributed by atoms with Crippen molar-refractivity contribution in [2.45, 2.75) is 13.0 Å². The minimum Gasteiger partial charge on any atom is -0.323 e. The lowest BCUT2D eigenvalue weighted by Crippen LogP contribution is -2.07. The van der Waals surface area contributed by atoms with Gasteiger partial charge in [-0.2, -0.15) is 0 Å². The van der Waals surface area contributed by atoms with E-state index in [4.69, 9.17) is 28.9 Å². The Morgan fingerprint density at radius 3 is 2.64 bits per heavy atom. The van der Waals surface area contributed by atoms with Crippen LogP contribution in [0.15, 0.2) is 12.3 Å². The lowest BCUT2D eigenvalue weighted by atomic mass is 10.2. The lowest BCUT2D eigenvalue weighted by Gasteiger charge is -2.05. The highest BCUT2D eigenvalue weighted by Gasteiger charge is 2.06. The van der Waals surface area contributed by atoms with Crippen LogP contribution in [0.25, 0.3) is 0 Å². The van der Waals surface area contributed by atoms with Gasteiger partial charge in [-0.3, -0.25) is 4.98 Å². The van der Waals surface area contributed by atoms with E-state index < -0.39 is 0 Å². The first kappa shape index (κ1) is 8.78. The summed E-state index contributed by atoms with van der Waals surface area (Å²) in [5, 5.41) is 1.05. The summed E-state index contributed by atoms with van der Waals surface area (Å²) in [6.07, 6.45) is 1.53. The number of rotatable bonds is 1. The van der Waals surface area contributed by atoms with Crippen molar-refractivity contribution in [2.24, 2.45) is 5.73 Å². The van der Waals surface area contributed by atoms with Gasteiger partial charge in [0.05, 0.1) is 15.7 Å².